The minimum atomic E-state index is -0.863. The number of barbiturate groups is 1. The van der Waals surface area contributed by atoms with Crippen LogP contribution in [0.3, 0.4) is 0 Å². The topological polar surface area (TPSA) is 95.6 Å². The maximum absolute atomic E-state index is 12.2. The Morgan fingerprint density at radius 1 is 1.21 bits per heavy atom. The smallest absolute Gasteiger partial charge is 0.331 e. The number of piperidine rings is 1. The summed E-state index contributed by atoms with van der Waals surface area (Å²) in [6.07, 6.45) is 2.18. The second-order valence-electron chi connectivity index (χ2n) is 4.79. The van der Waals surface area contributed by atoms with Crippen LogP contribution in [-0.4, -0.2) is 41.2 Å². The lowest BCUT2D eigenvalue weighted by Gasteiger charge is -2.36. The van der Waals surface area contributed by atoms with E-state index in [0.29, 0.717) is 32.2 Å². The van der Waals surface area contributed by atoms with E-state index in [-0.39, 0.29) is 5.91 Å². The summed E-state index contributed by atoms with van der Waals surface area (Å²) in [5.74, 6) is -2.32. The molecule has 2 fully saturated rings. The van der Waals surface area contributed by atoms with E-state index in [2.05, 4.69) is 10.6 Å². The number of nitrogens with one attached hydrogen (secondary N) is 2. The molecule has 2 aliphatic rings. The predicted molar refractivity (Wildman–Crippen MR) is 64.8 cm³/mol. The van der Waals surface area contributed by atoms with Gasteiger partial charge in [-0.25, -0.2) is 4.79 Å². The van der Waals surface area contributed by atoms with E-state index < -0.39 is 29.8 Å². The molecule has 2 saturated heterocycles. The van der Waals surface area contributed by atoms with E-state index in [1.165, 1.54) is 0 Å². The number of imide groups is 2. The van der Waals surface area contributed by atoms with Gasteiger partial charge in [0, 0.05) is 6.54 Å². The number of rotatable bonds is 3. The standard InChI is InChI=1S/C12H17N3O4/c1-2-4-7-9(16)14-12(19)15(11(7)18)8-5-3-6-13-10(8)17/h7-8H,2-6H2,1H3,(H,13,17)(H,14,16,19). The SMILES string of the molecule is CCCC1C(=O)NC(=O)N(C2CCCNC2=O)C1=O. The normalized spacial score (nSPS) is 28.2. The highest BCUT2D eigenvalue weighted by molar-refractivity contribution is 6.17. The van der Waals surface area contributed by atoms with Gasteiger partial charge in [0.2, 0.25) is 17.7 Å². The Labute approximate surface area is 110 Å². The fraction of sp³-hybridized carbons (Fsp3) is 0.667. The van der Waals surface area contributed by atoms with Crippen molar-refractivity contribution in [1.29, 1.82) is 0 Å². The molecular weight excluding hydrogens is 250 g/mol. The molecule has 2 rings (SSSR count). The lowest BCUT2D eigenvalue weighted by molar-refractivity contribution is -0.148. The van der Waals surface area contributed by atoms with Crippen molar-refractivity contribution < 1.29 is 19.2 Å². The summed E-state index contributed by atoms with van der Waals surface area (Å²) in [7, 11) is 0. The van der Waals surface area contributed by atoms with Gasteiger partial charge in [0.25, 0.3) is 0 Å². The fourth-order valence-corrected chi connectivity index (χ4v) is 2.47. The third-order valence-corrected chi connectivity index (χ3v) is 3.45. The minimum absolute atomic E-state index is 0.334. The number of hydrogen-bond donors (Lipinski definition) is 2. The monoisotopic (exact) mass is 267 g/mol. The zero-order chi connectivity index (χ0) is 14.0. The number of urea groups is 1. The molecule has 0 aliphatic carbocycles. The number of hydrogen-bond acceptors (Lipinski definition) is 4. The van der Waals surface area contributed by atoms with Crippen LogP contribution in [0.15, 0.2) is 0 Å². The molecule has 0 aromatic heterocycles. The summed E-state index contributed by atoms with van der Waals surface area (Å²) in [6.45, 7) is 2.41. The van der Waals surface area contributed by atoms with Gasteiger partial charge < -0.3 is 5.32 Å². The molecule has 0 radical (unpaired) electrons. The zero-order valence-corrected chi connectivity index (χ0v) is 10.8. The minimum Gasteiger partial charge on any atom is -0.354 e. The summed E-state index contributed by atoms with van der Waals surface area (Å²) in [4.78, 5) is 48.4. The van der Waals surface area contributed by atoms with E-state index in [4.69, 9.17) is 0 Å². The molecule has 5 amide bonds. The summed E-state index contributed by atoms with van der Waals surface area (Å²) < 4.78 is 0. The van der Waals surface area contributed by atoms with Crippen LogP contribution in [-0.2, 0) is 14.4 Å². The first-order valence-electron chi connectivity index (χ1n) is 6.52. The number of nitrogens with zero attached hydrogens (tertiary/aromatic N) is 1. The van der Waals surface area contributed by atoms with Crippen molar-refractivity contribution >= 4 is 23.8 Å². The highest BCUT2D eigenvalue weighted by Crippen LogP contribution is 2.21. The Kier molecular flexibility index (Phi) is 3.82. The molecule has 7 heteroatoms. The molecule has 2 heterocycles. The highest BCUT2D eigenvalue weighted by Gasteiger charge is 2.45. The van der Waals surface area contributed by atoms with Crippen LogP contribution in [0, 0.1) is 5.92 Å². The molecule has 104 valence electrons. The Morgan fingerprint density at radius 3 is 2.58 bits per heavy atom. The Bertz CT molecular complexity index is 435. The molecule has 2 unspecified atom stereocenters. The quantitative estimate of drug-likeness (QED) is 0.690. The van der Waals surface area contributed by atoms with Crippen molar-refractivity contribution in [2.24, 2.45) is 5.92 Å². The molecule has 7 nitrogen and oxygen atoms in total. The molecule has 0 aromatic carbocycles. The molecule has 2 N–H and O–H groups in total. The Hall–Kier alpha value is -1.92. The number of carbonyl (C=O) groups excluding carboxylic acids is 4. The van der Waals surface area contributed by atoms with Crippen LogP contribution in [0.5, 0.6) is 0 Å². The van der Waals surface area contributed by atoms with Crippen molar-refractivity contribution in [2.75, 3.05) is 6.54 Å². The molecule has 0 saturated carbocycles. The fourth-order valence-electron chi connectivity index (χ4n) is 2.47. The van der Waals surface area contributed by atoms with E-state index in [1.807, 2.05) is 6.92 Å². The summed E-state index contributed by atoms with van der Waals surface area (Å²) >= 11 is 0. The van der Waals surface area contributed by atoms with Gasteiger partial charge in [-0.05, 0) is 19.3 Å². The third-order valence-electron chi connectivity index (χ3n) is 3.45. The zero-order valence-electron chi connectivity index (χ0n) is 10.8. The molecular formula is C12H17N3O4. The Balaban J connectivity index is 2.22. The van der Waals surface area contributed by atoms with E-state index in [1.54, 1.807) is 0 Å². The van der Waals surface area contributed by atoms with Gasteiger partial charge in [-0.15, -0.1) is 0 Å². The molecule has 0 aromatic rings. The highest BCUT2D eigenvalue weighted by atomic mass is 16.2. The Morgan fingerprint density at radius 2 is 1.95 bits per heavy atom. The van der Waals surface area contributed by atoms with Crippen molar-refractivity contribution in [3.8, 4) is 0 Å². The second-order valence-corrected chi connectivity index (χ2v) is 4.79. The summed E-state index contributed by atoms with van der Waals surface area (Å²) in [5, 5.41) is 4.79. The van der Waals surface area contributed by atoms with Gasteiger partial charge in [-0.3, -0.25) is 24.6 Å². The molecule has 0 spiro atoms. The first kappa shape index (κ1) is 13.5. The third kappa shape index (κ3) is 2.45. The van der Waals surface area contributed by atoms with Gasteiger partial charge in [0.1, 0.15) is 12.0 Å². The van der Waals surface area contributed by atoms with E-state index in [0.717, 1.165) is 4.90 Å². The average Bonchev–Trinajstić information content (AvgIpc) is 2.36. The van der Waals surface area contributed by atoms with Crippen molar-refractivity contribution in [3.63, 3.8) is 0 Å². The van der Waals surface area contributed by atoms with Crippen molar-refractivity contribution in [3.05, 3.63) is 0 Å². The van der Waals surface area contributed by atoms with Crippen LogP contribution < -0.4 is 10.6 Å². The maximum Gasteiger partial charge on any atom is 0.331 e. The lowest BCUT2D eigenvalue weighted by Crippen LogP contribution is -2.64. The van der Waals surface area contributed by atoms with Crippen molar-refractivity contribution in [1.82, 2.24) is 15.5 Å². The van der Waals surface area contributed by atoms with Gasteiger partial charge in [-0.1, -0.05) is 13.3 Å². The first-order valence-corrected chi connectivity index (χ1v) is 6.52. The van der Waals surface area contributed by atoms with E-state index in [9.17, 15) is 19.2 Å². The maximum atomic E-state index is 12.2. The van der Waals surface area contributed by atoms with Gasteiger partial charge >= 0.3 is 6.03 Å². The average molecular weight is 267 g/mol. The summed E-state index contributed by atoms with van der Waals surface area (Å²) in [6, 6.07) is -1.59. The first-order chi connectivity index (χ1) is 9.06. The largest absolute Gasteiger partial charge is 0.354 e. The van der Waals surface area contributed by atoms with Crippen LogP contribution >= 0.6 is 0 Å². The predicted octanol–water partition coefficient (Wildman–Crippen LogP) is -0.240. The second kappa shape index (κ2) is 5.38. The molecule has 0 bridgehead atoms. The van der Waals surface area contributed by atoms with Gasteiger partial charge in [0.05, 0.1) is 0 Å². The van der Waals surface area contributed by atoms with Gasteiger partial charge in [-0.2, -0.15) is 0 Å². The van der Waals surface area contributed by atoms with Crippen molar-refractivity contribution in [2.45, 2.75) is 38.6 Å². The molecule has 19 heavy (non-hydrogen) atoms. The van der Waals surface area contributed by atoms with E-state index >= 15 is 0 Å². The van der Waals surface area contributed by atoms with Gasteiger partial charge in [0.15, 0.2) is 0 Å². The lowest BCUT2D eigenvalue weighted by atomic mass is 9.96. The number of amides is 5. The molecule has 2 aliphatic heterocycles. The van der Waals surface area contributed by atoms with Crippen LogP contribution in [0.4, 0.5) is 4.79 Å². The van der Waals surface area contributed by atoms with Crippen LogP contribution in [0.25, 0.3) is 0 Å². The number of carbonyl (C=O) groups is 4. The van der Waals surface area contributed by atoms with Crippen LogP contribution in [0.1, 0.15) is 32.6 Å². The summed E-state index contributed by atoms with van der Waals surface area (Å²) in [5.41, 5.74) is 0. The van der Waals surface area contributed by atoms with Crippen LogP contribution in [0.2, 0.25) is 0 Å². The molecule has 2 atom stereocenters.